The standard InChI is InChI=1S/C19H19N3O3/c1-12-18(13(2)24-20-12)16-9-6-10-22(16)19(23)15-11-17(25-21-15)14-7-4-3-5-8-14/h3-5,7-8,11,16H,6,9-10H2,1-2H3/t16-/m0/s1. The van der Waals surface area contributed by atoms with E-state index in [1.54, 1.807) is 6.07 Å². The van der Waals surface area contributed by atoms with Gasteiger partial charge in [-0.05, 0) is 26.7 Å². The molecule has 0 N–H and O–H groups in total. The SMILES string of the molecule is Cc1noc(C)c1[C@@H]1CCCN1C(=O)c1cc(-c2ccccc2)on1. The monoisotopic (exact) mass is 337 g/mol. The van der Waals surface area contributed by atoms with Gasteiger partial charge in [0.25, 0.3) is 5.91 Å². The molecular formula is C19H19N3O3. The summed E-state index contributed by atoms with van der Waals surface area (Å²) in [5.74, 6) is 1.25. The molecule has 1 fully saturated rings. The van der Waals surface area contributed by atoms with Crippen LogP contribution in [0.3, 0.4) is 0 Å². The van der Waals surface area contributed by atoms with Crippen molar-refractivity contribution in [3.05, 3.63) is 59.1 Å². The minimum Gasteiger partial charge on any atom is -0.361 e. The largest absolute Gasteiger partial charge is 0.361 e. The molecule has 3 aromatic rings. The Balaban J connectivity index is 1.61. The summed E-state index contributed by atoms with van der Waals surface area (Å²) >= 11 is 0. The van der Waals surface area contributed by atoms with Crippen molar-refractivity contribution in [2.75, 3.05) is 6.54 Å². The first-order valence-corrected chi connectivity index (χ1v) is 8.41. The highest BCUT2D eigenvalue weighted by Gasteiger charge is 2.35. The molecule has 25 heavy (non-hydrogen) atoms. The van der Waals surface area contributed by atoms with Crippen LogP contribution in [0.5, 0.6) is 0 Å². The summed E-state index contributed by atoms with van der Waals surface area (Å²) in [6.45, 7) is 4.50. The molecule has 1 aliphatic heterocycles. The van der Waals surface area contributed by atoms with Gasteiger partial charge in [-0.1, -0.05) is 40.6 Å². The first kappa shape index (κ1) is 15.6. The molecular weight excluding hydrogens is 318 g/mol. The van der Waals surface area contributed by atoms with Crippen molar-refractivity contribution >= 4 is 5.91 Å². The number of carbonyl (C=O) groups excluding carboxylic acids is 1. The number of hydrogen-bond acceptors (Lipinski definition) is 5. The number of carbonyl (C=O) groups is 1. The predicted molar refractivity (Wildman–Crippen MR) is 90.9 cm³/mol. The van der Waals surface area contributed by atoms with Gasteiger partial charge >= 0.3 is 0 Å². The number of hydrogen-bond donors (Lipinski definition) is 0. The molecule has 128 valence electrons. The Kier molecular flexibility index (Phi) is 3.87. The van der Waals surface area contributed by atoms with Crippen LogP contribution in [0.4, 0.5) is 0 Å². The van der Waals surface area contributed by atoms with Crippen LogP contribution in [-0.4, -0.2) is 27.7 Å². The Hall–Kier alpha value is -2.89. The molecule has 6 nitrogen and oxygen atoms in total. The van der Waals surface area contributed by atoms with Gasteiger partial charge in [0.2, 0.25) is 0 Å². The van der Waals surface area contributed by atoms with E-state index in [9.17, 15) is 4.79 Å². The van der Waals surface area contributed by atoms with Gasteiger partial charge in [0.1, 0.15) is 5.76 Å². The molecule has 4 rings (SSSR count). The average molecular weight is 337 g/mol. The first-order chi connectivity index (χ1) is 12.1. The van der Waals surface area contributed by atoms with Crippen molar-refractivity contribution in [1.29, 1.82) is 0 Å². The highest BCUT2D eigenvalue weighted by Crippen LogP contribution is 2.36. The summed E-state index contributed by atoms with van der Waals surface area (Å²) < 4.78 is 10.7. The fraction of sp³-hybridized carbons (Fsp3) is 0.316. The number of nitrogens with zero attached hydrogens (tertiary/aromatic N) is 3. The van der Waals surface area contributed by atoms with Gasteiger partial charge in [-0.3, -0.25) is 4.79 Å². The zero-order valence-corrected chi connectivity index (χ0v) is 14.2. The highest BCUT2D eigenvalue weighted by molar-refractivity contribution is 5.93. The van der Waals surface area contributed by atoms with Crippen molar-refractivity contribution < 1.29 is 13.8 Å². The maximum Gasteiger partial charge on any atom is 0.276 e. The summed E-state index contributed by atoms with van der Waals surface area (Å²) in [5, 5.41) is 8.02. The van der Waals surface area contributed by atoms with Gasteiger partial charge in [0.05, 0.1) is 11.7 Å². The van der Waals surface area contributed by atoms with E-state index in [4.69, 9.17) is 9.05 Å². The first-order valence-electron chi connectivity index (χ1n) is 8.41. The zero-order valence-electron chi connectivity index (χ0n) is 14.2. The van der Waals surface area contributed by atoms with E-state index in [1.165, 1.54) is 0 Å². The summed E-state index contributed by atoms with van der Waals surface area (Å²) in [5.41, 5.74) is 3.08. The second-order valence-corrected chi connectivity index (χ2v) is 6.34. The third-order valence-electron chi connectivity index (χ3n) is 4.72. The van der Waals surface area contributed by atoms with Crippen LogP contribution in [0.15, 0.2) is 45.4 Å². The quantitative estimate of drug-likeness (QED) is 0.724. The molecule has 0 spiro atoms. The van der Waals surface area contributed by atoms with E-state index in [2.05, 4.69) is 10.3 Å². The summed E-state index contributed by atoms with van der Waals surface area (Å²) in [6.07, 6.45) is 1.85. The van der Waals surface area contributed by atoms with Crippen molar-refractivity contribution in [3.8, 4) is 11.3 Å². The molecule has 0 aliphatic carbocycles. The molecule has 1 aromatic carbocycles. The Morgan fingerprint density at radius 1 is 1.16 bits per heavy atom. The third kappa shape index (κ3) is 2.73. The molecule has 0 bridgehead atoms. The lowest BCUT2D eigenvalue weighted by atomic mass is 10.0. The van der Waals surface area contributed by atoms with Crippen LogP contribution >= 0.6 is 0 Å². The van der Waals surface area contributed by atoms with E-state index < -0.39 is 0 Å². The minimum absolute atomic E-state index is 0.0179. The highest BCUT2D eigenvalue weighted by atomic mass is 16.5. The number of benzene rings is 1. The summed E-state index contributed by atoms with van der Waals surface area (Å²) in [7, 11) is 0. The maximum atomic E-state index is 13.0. The zero-order chi connectivity index (χ0) is 17.4. The van der Waals surface area contributed by atoms with Crippen molar-refractivity contribution in [2.24, 2.45) is 0 Å². The van der Waals surface area contributed by atoms with Gasteiger partial charge in [-0.2, -0.15) is 0 Å². The van der Waals surface area contributed by atoms with E-state index in [0.29, 0.717) is 18.0 Å². The van der Waals surface area contributed by atoms with E-state index in [0.717, 1.165) is 35.4 Å². The molecule has 6 heteroatoms. The molecule has 1 aliphatic rings. The van der Waals surface area contributed by atoms with Gasteiger partial charge < -0.3 is 13.9 Å². The van der Waals surface area contributed by atoms with E-state index in [-0.39, 0.29) is 11.9 Å². The molecule has 1 saturated heterocycles. The second kappa shape index (κ2) is 6.20. The van der Waals surface area contributed by atoms with Gasteiger partial charge in [0, 0.05) is 23.7 Å². The summed E-state index contributed by atoms with van der Waals surface area (Å²) in [4.78, 5) is 14.8. The molecule has 1 atom stereocenters. The van der Waals surface area contributed by atoms with Crippen LogP contribution in [0, 0.1) is 13.8 Å². The van der Waals surface area contributed by atoms with E-state index >= 15 is 0 Å². The lowest BCUT2D eigenvalue weighted by Crippen LogP contribution is -2.31. The fourth-order valence-electron chi connectivity index (χ4n) is 3.54. The Morgan fingerprint density at radius 3 is 2.68 bits per heavy atom. The Bertz CT molecular complexity index is 878. The smallest absolute Gasteiger partial charge is 0.276 e. The van der Waals surface area contributed by atoms with Crippen LogP contribution < -0.4 is 0 Å². The van der Waals surface area contributed by atoms with Gasteiger partial charge in [-0.15, -0.1) is 0 Å². The second-order valence-electron chi connectivity index (χ2n) is 6.34. The lowest BCUT2D eigenvalue weighted by Gasteiger charge is -2.23. The number of amides is 1. The lowest BCUT2D eigenvalue weighted by molar-refractivity contribution is 0.0724. The molecule has 0 saturated carbocycles. The van der Waals surface area contributed by atoms with Gasteiger partial charge in [0.15, 0.2) is 11.5 Å². The van der Waals surface area contributed by atoms with Crippen molar-refractivity contribution in [3.63, 3.8) is 0 Å². The number of aryl methyl sites for hydroxylation is 2. The van der Waals surface area contributed by atoms with Crippen LogP contribution in [-0.2, 0) is 0 Å². The summed E-state index contributed by atoms with van der Waals surface area (Å²) in [6, 6.07) is 11.3. The topological polar surface area (TPSA) is 72.4 Å². The number of aromatic nitrogens is 2. The number of rotatable bonds is 3. The Labute approximate surface area is 145 Å². The minimum atomic E-state index is -0.117. The van der Waals surface area contributed by atoms with Crippen LogP contribution in [0.25, 0.3) is 11.3 Å². The molecule has 1 amide bonds. The Morgan fingerprint density at radius 2 is 1.96 bits per heavy atom. The third-order valence-corrected chi connectivity index (χ3v) is 4.72. The molecule has 2 aromatic heterocycles. The molecule has 3 heterocycles. The van der Waals surface area contributed by atoms with Gasteiger partial charge in [-0.25, -0.2) is 0 Å². The average Bonchev–Trinajstić information content (AvgIpc) is 3.35. The van der Waals surface area contributed by atoms with Crippen molar-refractivity contribution in [2.45, 2.75) is 32.7 Å². The molecule has 0 radical (unpaired) electrons. The normalized spacial score (nSPS) is 17.2. The maximum absolute atomic E-state index is 13.0. The number of likely N-dealkylation sites (tertiary alicyclic amines) is 1. The predicted octanol–water partition coefficient (Wildman–Crippen LogP) is 3.92. The molecule has 0 unspecified atom stereocenters. The van der Waals surface area contributed by atoms with Crippen molar-refractivity contribution in [1.82, 2.24) is 15.2 Å². The van der Waals surface area contributed by atoms with Crippen LogP contribution in [0.2, 0.25) is 0 Å². The van der Waals surface area contributed by atoms with Crippen LogP contribution in [0.1, 0.15) is 46.4 Å². The van der Waals surface area contributed by atoms with E-state index in [1.807, 2.05) is 49.1 Å². The fourth-order valence-corrected chi connectivity index (χ4v) is 3.54.